The Bertz CT molecular complexity index is 710. The SMILES string of the molecule is Cc1cc(C)c(C=C2SC(=S)N(CCCC(=O)O)C2=O)cc1C. The minimum atomic E-state index is -0.864. The lowest BCUT2D eigenvalue weighted by Crippen LogP contribution is -2.29. The predicted octanol–water partition coefficient (Wildman–Crippen LogP) is 3.68. The maximum Gasteiger partial charge on any atom is 0.303 e. The number of nitrogens with zero attached hydrogens (tertiary/aromatic N) is 1. The molecule has 0 aromatic heterocycles. The largest absolute Gasteiger partial charge is 0.481 e. The summed E-state index contributed by atoms with van der Waals surface area (Å²) in [5.74, 6) is -1.00. The molecule has 1 aromatic rings. The number of aryl methyl sites for hydroxylation is 3. The summed E-state index contributed by atoms with van der Waals surface area (Å²) in [5.41, 5.74) is 4.53. The van der Waals surface area contributed by atoms with Crippen molar-refractivity contribution in [2.24, 2.45) is 0 Å². The zero-order chi connectivity index (χ0) is 17.1. The van der Waals surface area contributed by atoms with E-state index >= 15 is 0 Å². The Hall–Kier alpha value is -1.66. The molecule has 1 fully saturated rings. The number of amides is 1. The Balaban J connectivity index is 2.18. The molecule has 122 valence electrons. The average Bonchev–Trinajstić information content (AvgIpc) is 2.72. The van der Waals surface area contributed by atoms with Crippen LogP contribution in [0.3, 0.4) is 0 Å². The van der Waals surface area contributed by atoms with Gasteiger partial charge < -0.3 is 5.11 Å². The molecular formula is C17H19NO3S2. The number of hydrogen-bond donors (Lipinski definition) is 1. The third-order valence-electron chi connectivity index (χ3n) is 3.81. The van der Waals surface area contributed by atoms with Crippen LogP contribution in [0.5, 0.6) is 0 Å². The van der Waals surface area contributed by atoms with E-state index in [9.17, 15) is 9.59 Å². The van der Waals surface area contributed by atoms with Crippen molar-refractivity contribution >= 4 is 46.3 Å². The third-order valence-corrected chi connectivity index (χ3v) is 5.19. The van der Waals surface area contributed by atoms with Gasteiger partial charge in [-0.2, -0.15) is 0 Å². The summed E-state index contributed by atoms with van der Waals surface area (Å²) in [6.45, 7) is 6.48. The molecule has 0 radical (unpaired) electrons. The molecule has 1 aromatic carbocycles. The first kappa shape index (κ1) is 17.7. The van der Waals surface area contributed by atoms with Crippen LogP contribution in [-0.2, 0) is 9.59 Å². The molecule has 2 rings (SSSR count). The molecule has 0 aliphatic carbocycles. The van der Waals surface area contributed by atoms with Gasteiger partial charge in [-0.05, 0) is 55.5 Å². The maximum atomic E-state index is 12.5. The van der Waals surface area contributed by atoms with Crippen LogP contribution < -0.4 is 0 Å². The first-order valence-corrected chi connectivity index (χ1v) is 8.57. The fourth-order valence-corrected chi connectivity index (χ4v) is 3.66. The number of rotatable bonds is 5. The van der Waals surface area contributed by atoms with Gasteiger partial charge in [-0.3, -0.25) is 14.5 Å². The minimum Gasteiger partial charge on any atom is -0.481 e. The zero-order valence-electron chi connectivity index (χ0n) is 13.4. The van der Waals surface area contributed by atoms with Gasteiger partial charge >= 0.3 is 5.97 Å². The first-order valence-electron chi connectivity index (χ1n) is 7.34. The van der Waals surface area contributed by atoms with Crippen LogP contribution in [0, 0.1) is 20.8 Å². The summed E-state index contributed by atoms with van der Waals surface area (Å²) in [5, 5.41) is 8.69. The number of aliphatic carboxylic acids is 1. The number of carbonyl (C=O) groups is 2. The average molecular weight is 349 g/mol. The second kappa shape index (κ2) is 7.27. The smallest absolute Gasteiger partial charge is 0.303 e. The highest BCUT2D eigenvalue weighted by atomic mass is 32.2. The molecule has 0 bridgehead atoms. The number of carboxylic acid groups (broad SMARTS) is 1. The van der Waals surface area contributed by atoms with Crippen LogP contribution in [0.4, 0.5) is 0 Å². The molecule has 0 unspecified atom stereocenters. The lowest BCUT2D eigenvalue weighted by atomic mass is 10.0. The van der Waals surface area contributed by atoms with Crippen molar-refractivity contribution in [2.75, 3.05) is 6.54 Å². The topological polar surface area (TPSA) is 57.6 Å². The van der Waals surface area contributed by atoms with Crippen LogP contribution in [0.25, 0.3) is 6.08 Å². The second-order valence-electron chi connectivity index (χ2n) is 5.62. The molecule has 1 saturated heterocycles. The quantitative estimate of drug-likeness (QED) is 0.649. The Morgan fingerprint density at radius 1 is 1.26 bits per heavy atom. The Labute approximate surface area is 145 Å². The van der Waals surface area contributed by atoms with Crippen LogP contribution in [-0.4, -0.2) is 32.7 Å². The van der Waals surface area contributed by atoms with E-state index in [0.29, 0.717) is 22.2 Å². The van der Waals surface area contributed by atoms with Crippen LogP contribution in [0.15, 0.2) is 17.0 Å². The van der Waals surface area contributed by atoms with Gasteiger partial charge in [0.2, 0.25) is 0 Å². The normalized spacial score (nSPS) is 16.5. The number of thioether (sulfide) groups is 1. The molecule has 4 nitrogen and oxygen atoms in total. The monoisotopic (exact) mass is 349 g/mol. The van der Waals surface area contributed by atoms with Gasteiger partial charge in [0.1, 0.15) is 4.32 Å². The fraction of sp³-hybridized carbons (Fsp3) is 0.353. The van der Waals surface area contributed by atoms with E-state index in [1.54, 1.807) is 0 Å². The van der Waals surface area contributed by atoms with Crippen LogP contribution >= 0.6 is 24.0 Å². The van der Waals surface area contributed by atoms with E-state index in [2.05, 4.69) is 19.1 Å². The van der Waals surface area contributed by atoms with Gasteiger partial charge in [-0.1, -0.05) is 36.1 Å². The van der Waals surface area contributed by atoms with Gasteiger partial charge in [0.25, 0.3) is 5.91 Å². The Morgan fingerprint density at radius 2 is 1.91 bits per heavy atom. The number of carbonyl (C=O) groups excluding carboxylic acids is 1. The number of benzene rings is 1. The predicted molar refractivity (Wildman–Crippen MR) is 97.4 cm³/mol. The van der Waals surface area contributed by atoms with E-state index in [-0.39, 0.29) is 12.3 Å². The molecule has 0 spiro atoms. The second-order valence-corrected chi connectivity index (χ2v) is 7.30. The summed E-state index contributed by atoms with van der Waals surface area (Å²) in [4.78, 5) is 25.1. The van der Waals surface area contributed by atoms with Crippen LogP contribution in [0.1, 0.15) is 35.1 Å². The summed E-state index contributed by atoms with van der Waals surface area (Å²) < 4.78 is 0.494. The summed E-state index contributed by atoms with van der Waals surface area (Å²) in [6, 6.07) is 4.18. The molecule has 23 heavy (non-hydrogen) atoms. The maximum absolute atomic E-state index is 12.5. The summed E-state index contributed by atoms with van der Waals surface area (Å²) in [6.07, 6.45) is 2.31. The molecule has 1 amide bonds. The van der Waals surface area contributed by atoms with Gasteiger partial charge in [0, 0.05) is 13.0 Å². The Kier molecular flexibility index (Phi) is 5.59. The lowest BCUT2D eigenvalue weighted by molar-refractivity contribution is -0.137. The highest BCUT2D eigenvalue weighted by Gasteiger charge is 2.31. The van der Waals surface area contributed by atoms with Gasteiger partial charge in [0.05, 0.1) is 4.91 Å². The van der Waals surface area contributed by atoms with Crippen molar-refractivity contribution in [3.05, 3.63) is 39.3 Å². The third kappa shape index (κ3) is 4.20. The van der Waals surface area contributed by atoms with Crippen molar-refractivity contribution in [2.45, 2.75) is 33.6 Å². The van der Waals surface area contributed by atoms with E-state index in [1.807, 2.05) is 19.9 Å². The van der Waals surface area contributed by atoms with Crippen molar-refractivity contribution in [3.8, 4) is 0 Å². The lowest BCUT2D eigenvalue weighted by Gasteiger charge is -2.13. The highest BCUT2D eigenvalue weighted by molar-refractivity contribution is 8.26. The molecule has 6 heteroatoms. The van der Waals surface area contributed by atoms with E-state index in [4.69, 9.17) is 17.3 Å². The van der Waals surface area contributed by atoms with Crippen molar-refractivity contribution in [1.82, 2.24) is 4.90 Å². The van der Waals surface area contributed by atoms with E-state index < -0.39 is 5.97 Å². The Morgan fingerprint density at radius 3 is 2.57 bits per heavy atom. The zero-order valence-corrected chi connectivity index (χ0v) is 15.0. The minimum absolute atomic E-state index is 0.0341. The van der Waals surface area contributed by atoms with E-state index in [1.165, 1.54) is 27.8 Å². The fourth-order valence-electron chi connectivity index (χ4n) is 2.36. The molecular weight excluding hydrogens is 330 g/mol. The molecule has 1 heterocycles. The van der Waals surface area contributed by atoms with E-state index in [0.717, 1.165) is 11.1 Å². The summed E-state index contributed by atoms with van der Waals surface area (Å²) in [7, 11) is 0. The van der Waals surface area contributed by atoms with Gasteiger partial charge in [-0.15, -0.1) is 0 Å². The van der Waals surface area contributed by atoms with Crippen LogP contribution in [0.2, 0.25) is 0 Å². The van der Waals surface area contributed by atoms with Crippen molar-refractivity contribution in [1.29, 1.82) is 0 Å². The molecule has 1 aliphatic rings. The van der Waals surface area contributed by atoms with Crippen molar-refractivity contribution in [3.63, 3.8) is 0 Å². The molecule has 0 saturated carbocycles. The molecule has 0 atom stereocenters. The standard InChI is InChI=1S/C17H19NO3S2/c1-10-7-12(3)13(8-11(10)2)9-14-16(21)18(17(22)23-14)6-4-5-15(19)20/h7-9H,4-6H2,1-3H3,(H,19,20). The highest BCUT2D eigenvalue weighted by Crippen LogP contribution is 2.33. The summed E-state index contributed by atoms with van der Waals surface area (Å²) >= 11 is 6.52. The van der Waals surface area contributed by atoms with Gasteiger partial charge in [0.15, 0.2) is 0 Å². The number of hydrogen-bond acceptors (Lipinski definition) is 4. The molecule has 1 N–H and O–H groups in total. The number of thiocarbonyl (C=S) groups is 1. The van der Waals surface area contributed by atoms with Crippen molar-refractivity contribution < 1.29 is 14.7 Å². The molecule has 1 aliphatic heterocycles. The first-order chi connectivity index (χ1) is 10.8. The number of carboxylic acids is 1. The van der Waals surface area contributed by atoms with Gasteiger partial charge in [-0.25, -0.2) is 0 Å².